The molecule has 0 amide bonds. The third kappa shape index (κ3) is 11.0. The number of carbonyl (C=O) groups excluding carboxylic acids is 1. The first-order valence-electron chi connectivity index (χ1n) is 9.01. The van der Waals surface area contributed by atoms with Gasteiger partial charge in [-0.05, 0) is 33.0 Å². The highest BCUT2D eigenvalue weighted by atomic mass is 16.3. The Morgan fingerprint density at radius 1 is 1.05 bits per heavy atom. The van der Waals surface area contributed by atoms with E-state index in [1.807, 2.05) is 11.9 Å². The molecule has 1 N–H and O–H groups in total. The maximum Gasteiger partial charge on any atom is 0.187 e. The Bertz CT molecular complexity index is 300. The molecule has 0 heterocycles. The fourth-order valence-electron chi connectivity index (χ4n) is 2.77. The lowest BCUT2D eigenvalue weighted by molar-refractivity contribution is -0.132. The summed E-state index contributed by atoms with van der Waals surface area (Å²) in [5, 5.41) is 10.1. The van der Waals surface area contributed by atoms with E-state index in [2.05, 4.69) is 13.5 Å². The van der Waals surface area contributed by atoms with Crippen molar-refractivity contribution in [3.63, 3.8) is 0 Å². The van der Waals surface area contributed by atoms with E-state index in [0.717, 1.165) is 13.0 Å². The SMILES string of the molecule is C=CC(=O)C(C)(O)CN(C)CCCCCCCCCCCC. The summed E-state index contributed by atoms with van der Waals surface area (Å²) in [5.74, 6) is -0.303. The zero-order valence-electron chi connectivity index (χ0n) is 15.1. The Labute approximate surface area is 137 Å². The lowest BCUT2D eigenvalue weighted by atomic mass is 10.0. The molecule has 0 aliphatic carbocycles. The summed E-state index contributed by atoms with van der Waals surface area (Å²) in [4.78, 5) is 13.6. The molecule has 0 saturated carbocycles. The number of hydrogen-bond acceptors (Lipinski definition) is 3. The van der Waals surface area contributed by atoms with E-state index < -0.39 is 5.60 Å². The average molecular weight is 312 g/mol. The second kappa shape index (κ2) is 12.8. The van der Waals surface area contributed by atoms with Gasteiger partial charge >= 0.3 is 0 Å². The lowest BCUT2D eigenvalue weighted by Crippen LogP contribution is -2.45. The summed E-state index contributed by atoms with van der Waals surface area (Å²) in [6.07, 6.45) is 14.4. The smallest absolute Gasteiger partial charge is 0.187 e. The van der Waals surface area contributed by atoms with Crippen LogP contribution in [0.25, 0.3) is 0 Å². The molecule has 0 bridgehead atoms. The quantitative estimate of drug-likeness (QED) is 0.361. The highest BCUT2D eigenvalue weighted by molar-refractivity contribution is 5.96. The number of likely N-dealkylation sites (N-methyl/N-ethyl adjacent to an activating group) is 1. The fraction of sp³-hybridized carbons (Fsp3) is 0.842. The van der Waals surface area contributed by atoms with Crippen LogP contribution in [0.5, 0.6) is 0 Å². The van der Waals surface area contributed by atoms with Crippen LogP contribution in [-0.4, -0.2) is 41.5 Å². The fourth-order valence-corrected chi connectivity index (χ4v) is 2.77. The molecule has 130 valence electrons. The van der Waals surface area contributed by atoms with Crippen molar-refractivity contribution < 1.29 is 9.90 Å². The van der Waals surface area contributed by atoms with Crippen molar-refractivity contribution in [2.45, 2.75) is 83.7 Å². The van der Waals surface area contributed by atoms with Crippen molar-refractivity contribution in [1.82, 2.24) is 4.90 Å². The molecule has 0 aromatic heterocycles. The van der Waals surface area contributed by atoms with Gasteiger partial charge in [0.25, 0.3) is 0 Å². The van der Waals surface area contributed by atoms with Crippen molar-refractivity contribution in [3.05, 3.63) is 12.7 Å². The van der Waals surface area contributed by atoms with Gasteiger partial charge in [-0.2, -0.15) is 0 Å². The Hall–Kier alpha value is -0.670. The molecule has 0 aliphatic rings. The molecule has 0 fully saturated rings. The average Bonchev–Trinajstić information content (AvgIpc) is 2.47. The van der Waals surface area contributed by atoms with Crippen LogP contribution in [-0.2, 0) is 4.79 Å². The minimum Gasteiger partial charge on any atom is -0.381 e. The first kappa shape index (κ1) is 21.3. The Morgan fingerprint density at radius 3 is 1.95 bits per heavy atom. The molecule has 0 aromatic carbocycles. The van der Waals surface area contributed by atoms with E-state index in [1.54, 1.807) is 6.92 Å². The van der Waals surface area contributed by atoms with Crippen LogP contribution in [0.2, 0.25) is 0 Å². The summed E-state index contributed by atoms with van der Waals surface area (Å²) in [6, 6.07) is 0. The van der Waals surface area contributed by atoms with Gasteiger partial charge in [-0.3, -0.25) is 4.79 Å². The number of carbonyl (C=O) groups is 1. The number of ketones is 1. The number of unbranched alkanes of at least 4 members (excludes halogenated alkanes) is 9. The predicted octanol–water partition coefficient (Wildman–Crippen LogP) is 4.35. The van der Waals surface area contributed by atoms with Crippen molar-refractivity contribution in [2.75, 3.05) is 20.1 Å². The Balaban J connectivity index is 3.51. The summed E-state index contributed by atoms with van der Waals surface area (Å²) in [6.45, 7) is 8.55. The molecular weight excluding hydrogens is 274 g/mol. The second-order valence-corrected chi connectivity index (χ2v) is 6.76. The van der Waals surface area contributed by atoms with Crippen molar-refractivity contribution >= 4 is 5.78 Å². The van der Waals surface area contributed by atoms with Gasteiger partial charge in [0.15, 0.2) is 5.78 Å². The van der Waals surface area contributed by atoms with Crippen molar-refractivity contribution in [1.29, 1.82) is 0 Å². The maximum absolute atomic E-state index is 11.5. The Morgan fingerprint density at radius 2 is 1.50 bits per heavy atom. The zero-order valence-corrected chi connectivity index (χ0v) is 15.1. The van der Waals surface area contributed by atoms with Crippen LogP contribution in [0.4, 0.5) is 0 Å². The number of rotatable bonds is 15. The van der Waals surface area contributed by atoms with Gasteiger partial charge in [-0.15, -0.1) is 0 Å². The molecule has 0 saturated heterocycles. The second-order valence-electron chi connectivity index (χ2n) is 6.76. The van der Waals surface area contributed by atoms with E-state index in [0.29, 0.717) is 6.54 Å². The minimum absolute atomic E-state index is 0.303. The first-order chi connectivity index (χ1) is 10.4. The van der Waals surface area contributed by atoms with E-state index in [1.165, 1.54) is 63.9 Å². The number of hydrogen-bond donors (Lipinski definition) is 1. The summed E-state index contributed by atoms with van der Waals surface area (Å²) in [7, 11) is 1.96. The summed E-state index contributed by atoms with van der Waals surface area (Å²) >= 11 is 0. The van der Waals surface area contributed by atoms with E-state index in [9.17, 15) is 9.90 Å². The molecule has 0 aromatic rings. The van der Waals surface area contributed by atoms with Gasteiger partial charge < -0.3 is 10.0 Å². The van der Waals surface area contributed by atoms with E-state index in [-0.39, 0.29) is 5.78 Å². The molecule has 0 radical (unpaired) electrons. The molecule has 3 heteroatoms. The topological polar surface area (TPSA) is 40.5 Å². The van der Waals surface area contributed by atoms with Gasteiger partial charge in [0.05, 0.1) is 0 Å². The van der Waals surface area contributed by atoms with Crippen LogP contribution < -0.4 is 0 Å². The van der Waals surface area contributed by atoms with Crippen molar-refractivity contribution in [2.24, 2.45) is 0 Å². The lowest BCUT2D eigenvalue weighted by Gasteiger charge is -2.26. The van der Waals surface area contributed by atoms with Crippen LogP contribution in [0, 0.1) is 0 Å². The third-order valence-electron chi connectivity index (χ3n) is 4.19. The summed E-state index contributed by atoms with van der Waals surface area (Å²) in [5.41, 5.74) is -1.31. The minimum atomic E-state index is -1.31. The van der Waals surface area contributed by atoms with Crippen LogP contribution in [0.1, 0.15) is 78.1 Å². The summed E-state index contributed by atoms with van der Waals surface area (Å²) < 4.78 is 0. The molecule has 1 atom stereocenters. The molecule has 0 rings (SSSR count). The first-order valence-corrected chi connectivity index (χ1v) is 9.01. The predicted molar refractivity (Wildman–Crippen MR) is 95.2 cm³/mol. The standard InChI is InChI=1S/C19H37NO2/c1-5-7-8-9-10-11-12-13-14-15-16-20(4)17-19(3,22)18(21)6-2/h6,22H,2,5,7-17H2,1,3-4H3. The maximum atomic E-state index is 11.5. The van der Waals surface area contributed by atoms with E-state index >= 15 is 0 Å². The highest BCUT2D eigenvalue weighted by Crippen LogP contribution is 2.12. The van der Waals surface area contributed by atoms with E-state index in [4.69, 9.17) is 0 Å². The van der Waals surface area contributed by atoms with Crippen molar-refractivity contribution in [3.8, 4) is 0 Å². The molecule has 0 aliphatic heterocycles. The number of aliphatic hydroxyl groups is 1. The van der Waals surface area contributed by atoms with Crippen LogP contribution >= 0.6 is 0 Å². The monoisotopic (exact) mass is 311 g/mol. The molecule has 1 unspecified atom stereocenters. The highest BCUT2D eigenvalue weighted by Gasteiger charge is 2.28. The largest absolute Gasteiger partial charge is 0.381 e. The van der Waals surface area contributed by atoms with Gasteiger partial charge in [0, 0.05) is 6.54 Å². The van der Waals surface area contributed by atoms with Gasteiger partial charge in [-0.1, -0.05) is 71.3 Å². The molecule has 22 heavy (non-hydrogen) atoms. The van der Waals surface area contributed by atoms with Crippen LogP contribution in [0.15, 0.2) is 12.7 Å². The third-order valence-corrected chi connectivity index (χ3v) is 4.19. The van der Waals surface area contributed by atoms with Gasteiger partial charge in [0.2, 0.25) is 0 Å². The normalized spacial score (nSPS) is 14.0. The van der Waals surface area contributed by atoms with Crippen LogP contribution in [0.3, 0.4) is 0 Å². The van der Waals surface area contributed by atoms with Gasteiger partial charge in [0.1, 0.15) is 5.60 Å². The van der Waals surface area contributed by atoms with Gasteiger partial charge in [-0.25, -0.2) is 0 Å². The zero-order chi connectivity index (χ0) is 16.8. The molecule has 0 spiro atoms. The molecule has 3 nitrogen and oxygen atoms in total. The Kier molecular flexibility index (Phi) is 12.4. The number of nitrogens with zero attached hydrogens (tertiary/aromatic N) is 1. The molecular formula is C19H37NO2.